The number of nitrogens with zero attached hydrogens (tertiary/aromatic N) is 1. The summed E-state index contributed by atoms with van der Waals surface area (Å²) in [5.74, 6) is -0.562. The van der Waals surface area contributed by atoms with Crippen molar-refractivity contribution in [1.29, 1.82) is 0 Å². The summed E-state index contributed by atoms with van der Waals surface area (Å²) < 4.78 is 0. The van der Waals surface area contributed by atoms with Crippen LogP contribution in [0.1, 0.15) is 34.0 Å². The molecule has 0 spiro atoms. The number of anilines is 1. The Morgan fingerprint density at radius 3 is 2.89 bits per heavy atom. The van der Waals surface area contributed by atoms with Gasteiger partial charge in [-0.2, -0.15) is 0 Å². The second-order valence-corrected chi connectivity index (χ2v) is 5.16. The Morgan fingerprint density at radius 2 is 2.26 bits per heavy atom. The molecule has 6 heteroatoms. The summed E-state index contributed by atoms with van der Waals surface area (Å²) in [6.07, 6.45) is 0. The molecule has 1 amide bonds. The first-order chi connectivity index (χ1) is 8.99. The number of thiazole rings is 1. The van der Waals surface area contributed by atoms with Gasteiger partial charge in [0.2, 0.25) is 0 Å². The number of nitrogen functional groups attached to an aromatic ring is 1. The van der Waals surface area contributed by atoms with Crippen LogP contribution in [-0.4, -0.2) is 16.0 Å². The number of benzene rings is 1. The van der Waals surface area contributed by atoms with Crippen molar-refractivity contribution in [2.75, 3.05) is 5.73 Å². The van der Waals surface area contributed by atoms with E-state index < -0.39 is 0 Å². The topological polar surface area (TPSA) is 88.2 Å². The van der Waals surface area contributed by atoms with Gasteiger partial charge in [-0.25, -0.2) is 4.98 Å². The van der Waals surface area contributed by atoms with Gasteiger partial charge in [0.25, 0.3) is 5.91 Å². The molecule has 2 aromatic rings. The average Bonchev–Trinajstić information content (AvgIpc) is 2.79. The smallest absolute Gasteiger partial charge is 0.255 e. The van der Waals surface area contributed by atoms with Gasteiger partial charge in [0.15, 0.2) is 5.75 Å². The minimum atomic E-state index is -0.370. The summed E-state index contributed by atoms with van der Waals surface area (Å²) >= 11 is 1.49. The lowest BCUT2D eigenvalue weighted by molar-refractivity contribution is 0.0937. The maximum atomic E-state index is 12.1. The number of aromatic hydroxyl groups is 1. The fraction of sp³-hybridized carbons (Fsp3) is 0.231. The summed E-state index contributed by atoms with van der Waals surface area (Å²) in [5, 5.41) is 15.3. The van der Waals surface area contributed by atoms with Crippen LogP contribution in [0, 0.1) is 6.92 Å². The van der Waals surface area contributed by atoms with Gasteiger partial charge in [-0.3, -0.25) is 4.79 Å². The maximum absolute atomic E-state index is 12.1. The Bertz CT molecular complexity index is 610. The van der Waals surface area contributed by atoms with Gasteiger partial charge >= 0.3 is 0 Å². The highest BCUT2D eigenvalue weighted by atomic mass is 32.1. The van der Waals surface area contributed by atoms with Gasteiger partial charge in [0.05, 0.1) is 17.3 Å². The molecule has 0 aliphatic rings. The normalized spacial score (nSPS) is 12.1. The maximum Gasteiger partial charge on any atom is 0.255 e. The number of nitrogens with two attached hydrogens (primary N) is 1. The quantitative estimate of drug-likeness (QED) is 0.593. The van der Waals surface area contributed by atoms with Crippen molar-refractivity contribution >= 4 is 22.9 Å². The molecular weight excluding hydrogens is 262 g/mol. The zero-order valence-electron chi connectivity index (χ0n) is 10.7. The van der Waals surface area contributed by atoms with Crippen molar-refractivity contribution in [3.63, 3.8) is 0 Å². The van der Waals surface area contributed by atoms with Crippen LogP contribution in [-0.2, 0) is 0 Å². The molecule has 1 unspecified atom stereocenters. The number of amides is 1. The number of hydrogen-bond donors (Lipinski definition) is 3. The lowest BCUT2D eigenvalue weighted by Crippen LogP contribution is -2.26. The number of rotatable bonds is 3. The molecule has 1 atom stereocenters. The van der Waals surface area contributed by atoms with Crippen molar-refractivity contribution in [1.82, 2.24) is 10.3 Å². The number of carbonyl (C=O) groups is 1. The molecule has 1 heterocycles. The predicted octanol–water partition coefficient (Wildman–Crippen LogP) is 2.23. The standard InChI is InChI=1S/C13H15N3O2S/c1-7-6-19-13(15-7)8(2)16-12(18)9-4-3-5-10(14)11(9)17/h3-6,8,17H,14H2,1-2H3,(H,16,18). The van der Waals surface area contributed by atoms with Crippen molar-refractivity contribution in [3.8, 4) is 5.75 Å². The minimum absolute atomic E-state index is 0.167. The molecule has 100 valence electrons. The molecule has 0 saturated carbocycles. The van der Waals surface area contributed by atoms with E-state index >= 15 is 0 Å². The molecule has 2 rings (SSSR count). The van der Waals surface area contributed by atoms with Gasteiger partial charge in [-0.15, -0.1) is 11.3 Å². The van der Waals surface area contributed by atoms with E-state index in [1.54, 1.807) is 12.1 Å². The SMILES string of the molecule is Cc1csc(C(C)NC(=O)c2cccc(N)c2O)n1. The Balaban J connectivity index is 2.15. The first-order valence-corrected chi connectivity index (χ1v) is 6.67. The Morgan fingerprint density at radius 1 is 1.53 bits per heavy atom. The summed E-state index contributed by atoms with van der Waals surface area (Å²) in [6, 6.07) is 4.48. The van der Waals surface area contributed by atoms with E-state index in [4.69, 9.17) is 5.73 Å². The lowest BCUT2D eigenvalue weighted by Gasteiger charge is -2.12. The largest absolute Gasteiger partial charge is 0.505 e. The van der Waals surface area contributed by atoms with E-state index in [1.165, 1.54) is 17.4 Å². The summed E-state index contributed by atoms with van der Waals surface area (Å²) in [4.78, 5) is 16.4. The molecule has 0 radical (unpaired) electrons. The highest BCUT2D eigenvalue weighted by Gasteiger charge is 2.17. The zero-order valence-corrected chi connectivity index (χ0v) is 11.5. The molecule has 0 fully saturated rings. The van der Waals surface area contributed by atoms with Crippen LogP contribution in [0.3, 0.4) is 0 Å². The van der Waals surface area contributed by atoms with Gasteiger partial charge in [-0.05, 0) is 26.0 Å². The molecule has 0 aliphatic heterocycles. The number of hydrogen-bond acceptors (Lipinski definition) is 5. The highest BCUT2D eigenvalue weighted by Crippen LogP contribution is 2.25. The van der Waals surface area contributed by atoms with Crippen molar-refractivity contribution in [2.45, 2.75) is 19.9 Å². The van der Waals surface area contributed by atoms with E-state index in [1.807, 2.05) is 19.2 Å². The third-order valence-corrected chi connectivity index (χ3v) is 3.81. The number of phenols is 1. The predicted molar refractivity (Wildman–Crippen MR) is 75.3 cm³/mol. The molecule has 1 aromatic carbocycles. The molecule has 1 aromatic heterocycles. The number of nitrogens with one attached hydrogen (secondary N) is 1. The number of aromatic nitrogens is 1. The first kappa shape index (κ1) is 13.4. The molecule has 0 saturated heterocycles. The number of phenolic OH excluding ortho intramolecular Hbond substituents is 1. The van der Waals surface area contributed by atoms with Gasteiger partial charge in [0.1, 0.15) is 5.01 Å². The van der Waals surface area contributed by atoms with E-state index in [0.29, 0.717) is 0 Å². The summed E-state index contributed by atoms with van der Waals surface area (Å²) in [5.41, 5.74) is 6.84. The van der Waals surface area contributed by atoms with Gasteiger partial charge in [-0.1, -0.05) is 6.07 Å². The minimum Gasteiger partial charge on any atom is -0.505 e. The van der Waals surface area contributed by atoms with Crippen LogP contribution in [0.2, 0.25) is 0 Å². The monoisotopic (exact) mass is 277 g/mol. The van der Waals surface area contributed by atoms with Gasteiger partial charge in [0, 0.05) is 11.1 Å². The average molecular weight is 277 g/mol. The van der Waals surface area contributed by atoms with E-state index in [2.05, 4.69) is 10.3 Å². The van der Waals surface area contributed by atoms with Crippen LogP contribution in [0.15, 0.2) is 23.6 Å². The van der Waals surface area contributed by atoms with Crippen LogP contribution >= 0.6 is 11.3 Å². The van der Waals surface area contributed by atoms with Crippen molar-refractivity contribution in [3.05, 3.63) is 39.8 Å². The van der Waals surface area contributed by atoms with Crippen LogP contribution in [0.4, 0.5) is 5.69 Å². The summed E-state index contributed by atoms with van der Waals surface area (Å²) in [7, 11) is 0. The van der Waals surface area contributed by atoms with E-state index in [0.717, 1.165) is 10.7 Å². The lowest BCUT2D eigenvalue weighted by atomic mass is 10.1. The van der Waals surface area contributed by atoms with Crippen LogP contribution < -0.4 is 11.1 Å². The van der Waals surface area contributed by atoms with Crippen LogP contribution in [0.5, 0.6) is 5.75 Å². The number of para-hydroxylation sites is 1. The first-order valence-electron chi connectivity index (χ1n) is 5.79. The molecule has 4 N–H and O–H groups in total. The second kappa shape index (κ2) is 5.27. The molecule has 0 bridgehead atoms. The van der Waals surface area contributed by atoms with E-state index in [-0.39, 0.29) is 28.9 Å². The Hall–Kier alpha value is -2.08. The van der Waals surface area contributed by atoms with Crippen molar-refractivity contribution in [2.24, 2.45) is 0 Å². The fourth-order valence-corrected chi connectivity index (χ4v) is 2.46. The zero-order chi connectivity index (χ0) is 14.0. The van der Waals surface area contributed by atoms with Crippen molar-refractivity contribution < 1.29 is 9.90 Å². The molecular formula is C13H15N3O2S. The second-order valence-electron chi connectivity index (χ2n) is 4.27. The third-order valence-electron chi connectivity index (χ3n) is 2.67. The van der Waals surface area contributed by atoms with Gasteiger partial charge < -0.3 is 16.2 Å². The fourth-order valence-electron chi connectivity index (χ4n) is 1.65. The molecule has 0 aliphatic carbocycles. The van der Waals surface area contributed by atoms with E-state index in [9.17, 15) is 9.90 Å². The molecule has 19 heavy (non-hydrogen) atoms. The Labute approximate surface area is 115 Å². The third kappa shape index (κ3) is 2.85. The number of carbonyl (C=O) groups excluding carboxylic acids is 1. The van der Waals surface area contributed by atoms with Crippen LogP contribution in [0.25, 0.3) is 0 Å². The molecule has 5 nitrogen and oxygen atoms in total. The highest BCUT2D eigenvalue weighted by molar-refractivity contribution is 7.09. The Kier molecular flexibility index (Phi) is 3.71. The summed E-state index contributed by atoms with van der Waals surface area (Å²) in [6.45, 7) is 3.75. The number of aryl methyl sites for hydroxylation is 1.